The molecule has 2 heterocycles. The van der Waals surface area contributed by atoms with E-state index in [0.29, 0.717) is 39.1 Å². The van der Waals surface area contributed by atoms with Gasteiger partial charge in [0.1, 0.15) is 0 Å². The number of allylic oxidation sites excluding steroid dienone is 2. The number of carbonyl (C=O) groups excluding carboxylic acids is 4. The van der Waals surface area contributed by atoms with E-state index in [1.165, 1.54) is 11.1 Å². The minimum absolute atomic E-state index is 0.0177. The Bertz CT molecular complexity index is 1810. The average Bonchev–Trinajstić information content (AvgIpc) is 3.15. The highest BCUT2D eigenvalue weighted by Crippen LogP contribution is 2.45. The lowest BCUT2D eigenvalue weighted by molar-refractivity contribution is -0.145. The third-order valence-electron chi connectivity index (χ3n) is 12.2. The zero-order valence-corrected chi connectivity index (χ0v) is 41.9. The van der Waals surface area contributed by atoms with Gasteiger partial charge in [-0.15, -0.1) is 0 Å². The molecule has 0 saturated carbocycles. The van der Waals surface area contributed by atoms with Crippen LogP contribution in [0.1, 0.15) is 158 Å². The van der Waals surface area contributed by atoms with Crippen molar-refractivity contribution in [2.75, 3.05) is 26.3 Å². The summed E-state index contributed by atoms with van der Waals surface area (Å²) >= 11 is 13.4. The van der Waals surface area contributed by atoms with Gasteiger partial charge in [-0.2, -0.15) is 0 Å². The molecule has 2 aliphatic heterocycles. The van der Waals surface area contributed by atoms with Crippen LogP contribution in [0, 0.1) is 22.7 Å². The Kier molecular flexibility index (Phi) is 19.0. The summed E-state index contributed by atoms with van der Waals surface area (Å²) in [6.45, 7) is 31.2. The molecular weight excluding hydrogens is 819 g/mol. The molecule has 2 atom stereocenters. The van der Waals surface area contributed by atoms with Crippen molar-refractivity contribution in [2.24, 2.45) is 22.7 Å². The van der Waals surface area contributed by atoms with Gasteiger partial charge in [0.05, 0.1) is 26.1 Å². The predicted molar refractivity (Wildman–Crippen MR) is 254 cm³/mol. The summed E-state index contributed by atoms with van der Waals surface area (Å²) in [5.74, 6) is -0.0140. The Morgan fingerprint density at radius 2 is 0.984 bits per heavy atom. The van der Waals surface area contributed by atoms with Gasteiger partial charge in [-0.05, 0) is 108 Å². The SMILES string of the molecule is CCOC(=O)CCN1C=C(C(C)C)C(C)(c2ccc(CCC(C)(C)C)c(Cl)c2)CC1=O.CCOC(=O)CCN1C=C(C(C)C)[C@](C)(c2ccc(CCC(C)(C)C)c(Cl)c2)CC1=O. The third kappa shape index (κ3) is 14.7. The Balaban J connectivity index is 0.000000330. The smallest absolute Gasteiger partial charge is 0.307 e. The first-order valence-corrected chi connectivity index (χ1v) is 23.4. The minimum atomic E-state index is -0.419. The Morgan fingerprint density at radius 3 is 1.26 bits per heavy atom. The highest BCUT2D eigenvalue weighted by atomic mass is 35.5. The van der Waals surface area contributed by atoms with Crippen molar-refractivity contribution >= 4 is 47.0 Å². The fourth-order valence-corrected chi connectivity index (χ4v) is 8.91. The number of carbonyl (C=O) groups is 4. The number of hydrogen-bond donors (Lipinski definition) is 0. The van der Waals surface area contributed by atoms with Crippen LogP contribution < -0.4 is 0 Å². The highest BCUT2D eigenvalue weighted by Gasteiger charge is 2.42. The predicted octanol–water partition coefficient (Wildman–Crippen LogP) is 12.6. The van der Waals surface area contributed by atoms with Gasteiger partial charge in [0.25, 0.3) is 0 Å². The Labute approximate surface area is 384 Å². The lowest BCUT2D eigenvalue weighted by Crippen LogP contribution is -2.42. The number of halogens is 2. The second-order valence-electron chi connectivity index (χ2n) is 20.5. The van der Waals surface area contributed by atoms with Gasteiger partial charge >= 0.3 is 11.9 Å². The van der Waals surface area contributed by atoms with Gasteiger partial charge in [0.2, 0.25) is 11.8 Å². The van der Waals surface area contributed by atoms with Gasteiger partial charge < -0.3 is 19.3 Å². The highest BCUT2D eigenvalue weighted by molar-refractivity contribution is 6.31. The molecule has 0 aliphatic carbocycles. The number of ether oxygens (including phenoxy) is 2. The van der Waals surface area contributed by atoms with Crippen molar-refractivity contribution in [1.82, 2.24) is 9.80 Å². The van der Waals surface area contributed by atoms with E-state index in [0.717, 1.165) is 58.0 Å². The van der Waals surface area contributed by atoms with Crippen LogP contribution in [0.2, 0.25) is 10.0 Å². The quantitative estimate of drug-likeness (QED) is 0.156. The van der Waals surface area contributed by atoms with Crippen molar-refractivity contribution < 1.29 is 28.7 Å². The molecule has 0 saturated heterocycles. The van der Waals surface area contributed by atoms with E-state index in [4.69, 9.17) is 32.7 Å². The maximum Gasteiger partial charge on any atom is 0.307 e. The maximum atomic E-state index is 13.0. The molecule has 2 aliphatic rings. The molecule has 0 N–H and O–H groups in total. The zero-order chi connectivity index (χ0) is 46.8. The molecule has 62 heavy (non-hydrogen) atoms. The molecule has 2 aromatic rings. The first kappa shape index (κ1) is 52.7. The number of nitrogens with zero attached hydrogens (tertiary/aromatic N) is 2. The molecule has 0 bridgehead atoms. The van der Waals surface area contributed by atoms with Crippen molar-refractivity contribution in [3.8, 4) is 0 Å². The lowest BCUT2D eigenvalue weighted by atomic mass is 9.68. The Morgan fingerprint density at radius 1 is 0.645 bits per heavy atom. The molecule has 2 aromatic carbocycles. The fraction of sp³-hybridized carbons (Fsp3) is 0.615. The van der Waals surface area contributed by atoms with Gasteiger partial charge in [0, 0.05) is 59.2 Å². The number of esters is 2. The monoisotopic (exact) mass is 895 g/mol. The zero-order valence-electron chi connectivity index (χ0n) is 40.4. The molecule has 1 unspecified atom stereocenters. The molecule has 4 rings (SSSR count). The number of aryl methyl sites for hydroxylation is 2. The summed E-state index contributed by atoms with van der Waals surface area (Å²) in [5, 5.41) is 1.53. The Hall–Kier alpha value is -3.62. The van der Waals surface area contributed by atoms with Crippen molar-refractivity contribution in [2.45, 2.75) is 159 Å². The summed E-state index contributed by atoms with van der Waals surface area (Å²) in [6, 6.07) is 12.6. The summed E-state index contributed by atoms with van der Waals surface area (Å²) in [5.41, 5.74) is 6.45. The average molecular weight is 896 g/mol. The topological polar surface area (TPSA) is 93.2 Å². The summed E-state index contributed by atoms with van der Waals surface area (Å²) in [4.78, 5) is 52.8. The van der Waals surface area contributed by atoms with Gasteiger partial charge in [0.15, 0.2) is 0 Å². The van der Waals surface area contributed by atoms with E-state index < -0.39 is 10.8 Å². The van der Waals surface area contributed by atoms with Crippen LogP contribution in [0.5, 0.6) is 0 Å². The minimum Gasteiger partial charge on any atom is -0.466 e. The lowest BCUT2D eigenvalue weighted by Gasteiger charge is -2.41. The molecular formula is C52H76Cl2N2O6. The molecule has 0 spiro atoms. The van der Waals surface area contributed by atoms with Crippen LogP contribution in [0.3, 0.4) is 0 Å². The van der Waals surface area contributed by atoms with E-state index in [1.54, 1.807) is 23.6 Å². The second kappa shape index (κ2) is 22.3. The number of hydrogen-bond acceptors (Lipinski definition) is 6. The third-order valence-corrected chi connectivity index (χ3v) is 12.9. The summed E-state index contributed by atoms with van der Waals surface area (Å²) in [6.07, 6.45) is 9.00. The molecule has 0 aromatic heterocycles. The number of rotatable bonds is 16. The van der Waals surface area contributed by atoms with Crippen LogP contribution in [-0.4, -0.2) is 59.9 Å². The summed E-state index contributed by atoms with van der Waals surface area (Å²) in [7, 11) is 0. The van der Waals surface area contributed by atoms with E-state index in [-0.39, 0.29) is 59.3 Å². The standard InChI is InChI=1S/2C26H38ClNO3/c2*1-8-31-24(30)12-14-28-17-21(18(2)3)26(7,16-23(28)29)20-10-9-19(22(27)15-20)11-13-25(4,5)6/h2*9-10,15,17-18H,8,11-14,16H2,1-7H3/t26-;/m0./s1. The van der Waals surface area contributed by atoms with Crippen molar-refractivity contribution in [3.63, 3.8) is 0 Å². The first-order valence-electron chi connectivity index (χ1n) is 22.7. The van der Waals surface area contributed by atoms with E-state index in [9.17, 15) is 19.2 Å². The van der Waals surface area contributed by atoms with E-state index in [1.807, 2.05) is 24.5 Å². The first-order chi connectivity index (χ1) is 28.7. The number of amides is 2. The van der Waals surface area contributed by atoms with Gasteiger partial charge in [-0.1, -0.05) is 131 Å². The van der Waals surface area contributed by atoms with E-state index in [2.05, 4.69) is 107 Å². The maximum absolute atomic E-state index is 13.0. The van der Waals surface area contributed by atoms with Crippen LogP contribution >= 0.6 is 23.2 Å². The van der Waals surface area contributed by atoms with Crippen molar-refractivity contribution in [3.05, 3.63) is 92.2 Å². The van der Waals surface area contributed by atoms with Crippen LogP contribution in [0.25, 0.3) is 0 Å². The molecule has 10 heteroatoms. The molecule has 2 amide bonds. The molecule has 8 nitrogen and oxygen atoms in total. The van der Waals surface area contributed by atoms with Gasteiger partial charge in [-0.25, -0.2) is 0 Å². The van der Waals surface area contributed by atoms with Crippen LogP contribution in [0.15, 0.2) is 59.9 Å². The van der Waals surface area contributed by atoms with Crippen LogP contribution in [0.4, 0.5) is 0 Å². The fourth-order valence-electron chi connectivity index (χ4n) is 8.36. The largest absolute Gasteiger partial charge is 0.466 e. The molecule has 0 radical (unpaired) electrons. The van der Waals surface area contributed by atoms with Crippen molar-refractivity contribution in [1.29, 1.82) is 0 Å². The number of benzene rings is 2. The molecule has 344 valence electrons. The molecule has 0 fully saturated rings. The second-order valence-corrected chi connectivity index (χ2v) is 21.3. The summed E-state index contributed by atoms with van der Waals surface area (Å²) < 4.78 is 10.0. The van der Waals surface area contributed by atoms with E-state index >= 15 is 0 Å². The van der Waals surface area contributed by atoms with Gasteiger partial charge in [-0.3, -0.25) is 19.2 Å². The van der Waals surface area contributed by atoms with Crippen LogP contribution in [-0.2, 0) is 52.3 Å². The normalized spacial score (nSPS) is 19.6.